The molecule has 0 spiro atoms. The molecule has 26 heavy (non-hydrogen) atoms. The number of hydrogen-bond acceptors (Lipinski definition) is 5. The first-order chi connectivity index (χ1) is 12.6. The quantitative estimate of drug-likeness (QED) is 0.432. The van der Waals surface area contributed by atoms with Crippen LogP contribution in [0.4, 0.5) is 0 Å². The summed E-state index contributed by atoms with van der Waals surface area (Å²) < 4.78 is 12.7. The monoisotopic (exact) mass is 371 g/mol. The molecule has 6 heteroatoms. The van der Waals surface area contributed by atoms with Gasteiger partial charge in [-0.3, -0.25) is 0 Å². The standard InChI is InChI=1S/C20H25N3O2S/c1-14(2)13-26-19-9-8-18-21-20(15(3)23(18)22-19)16-6-5-7-17(12-16)25-11-10-24-4/h5-9,12,14H,10-11,13H2,1-4H3. The Kier molecular flexibility index (Phi) is 6.16. The molecule has 0 fully saturated rings. The van der Waals surface area contributed by atoms with Crippen molar-refractivity contribution in [3.63, 3.8) is 0 Å². The number of rotatable bonds is 8. The molecule has 0 aliphatic carbocycles. The van der Waals surface area contributed by atoms with Crippen LogP contribution in [0.25, 0.3) is 16.9 Å². The lowest BCUT2D eigenvalue weighted by molar-refractivity contribution is 0.146. The number of nitrogens with zero attached hydrogens (tertiary/aromatic N) is 3. The van der Waals surface area contributed by atoms with Crippen LogP contribution in [-0.4, -0.2) is 40.7 Å². The molecule has 0 bridgehead atoms. The highest BCUT2D eigenvalue weighted by Crippen LogP contribution is 2.27. The van der Waals surface area contributed by atoms with Gasteiger partial charge in [-0.15, -0.1) is 11.8 Å². The van der Waals surface area contributed by atoms with Crippen molar-refractivity contribution in [3.05, 3.63) is 42.1 Å². The van der Waals surface area contributed by atoms with Crippen LogP contribution >= 0.6 is 11.8 Å². The third kappa shape index (κ3) is 4.37. The fourth-order valence-corrected chi connectivity index (χ4v) is 3.41. The second kappa shape index (κ2) is 8.56. The molecule has 0 amide bonds. The zero-order chi connectivity index (χ0) is 18.5. The summed E-state index contributed by atoms with van der Waals surface area (Å²) in [6.07, 6.45) is 0. The number of imidazole rings is 1. The summed E-state index contributed by atoms with van der Waals surface area (Å²) in [7, 11) is 1.67. The predicted octanol–water partition coefficient (Wildman–Crippen LogP) is 4.48. The topological polar surface area (TPSA) is 48.7 Å². The Hall–Kier alpha value is -2.05. The molecule has 0 atom stereocenters. The van der Waals surface area contributed by atoms with Gasteiger partial charge in [0, 0.05) is 18.4 Å². The number of thioether (sulfide) groups is 1. The highest BCUT2D eigenvalue weighted by molar-refractivity contribution is 7.99. The largest absolute Gasteiger partial charge is 0.491 e. The molecule has 0 unspecified atom stereocenters. The maximum Gasteiger partial charge on any atom is 0.154 e. The average Bonchev–Trinajstić information content (AvgIpc) is 2.97. The summed E-state index contributed by atoms with van der Waals surface area (Å²) in [6.45, 7) is 7.58. The molecular formula is C20H25N3O2S. The summed E-state index contributed by atoms with van der Waals surface area (Å²) >= 11 is 1.78. The molecule has 0 radical (unpaired) electrons. The number of ether oxygens (including phenoxy) is 2. The molecule has 0 N–H and O–H groups in total. The maximum atomic E-state index is 5.72. The molecule has 3 aromatic rings. The van der Waals surface area contributed by atoms with Crippen LogP contribution in [0, 0.1) is 12.8 Å². The van der Waals surface area contributed by atoms with E-state index in [1.807, 2.05) is 40.9 Å². The minimum Gasteiger partial charge on any atom is -0.491 e. The normalized spacial score (nSPS) is 11.4. The minimum atomic E-state index is 0.530. The van der Waals surface area contributed by atoms with Crippen LogP contribution in [-0.2, 0) is 4.74 Å². The van der Waals surface area contributed by atoms with E-state index >= 15 is 0 Å². The molecule has 0 aliphatic rings. The van der Waals surface area contributed by atoms with Gasteiger partial charge in [0.25, 0.3) is 0 Å². The van der Waals surface area contributed by atoms with Crippen LogP contribution in [0.15, 0.2) is 41.4 Å². The number of aryl methyl sites for hydroxylation is 1. The number of methoxy groups -OCH3 is 1. The van der Waals surface area contributed by atoms with Crippen molar-refractivity contribution in [2.45, 2.75) is 25.8 Å². The molecule has 1 aromatic carbocycles. The van der Waals surface area contributed by atoms with Gasteiger partial charge in [-0.2, -0.15) is 5.10 Å². The van der Waals surface area contributed by atoms with Gasteiger partial charge in [0.05, 0.1) is 18.0 Å². The number of benzene rings is 1. The third-order valence-corrected chi connectivity index (χ3v) is 5.25. The van der Waals surface area contributed by atoms with E-state index in [9.17, 15) is 0 Å². The molecule has 2 aromatic heterocycles. The van der Waals surface area contributed by atoms with E-state index in [1.54, 1.807) is 18.9 Å². The smallest absolute Gasteiger partial charge is 0.154 e. The zero-order valence-electron chi connectivity index (χ0n) is 15.7. The van der Waals surface area contributed by atoms with Gasteiger partial charge in [0.2, 0.25) is 0 Å². The molecular weight excluding hydrogens is 346 g/mol. The van der Waals surface area contributed by atoms with Gasteiger partial charge in [-0.1, -0.05) is 26.0 Å². The van der Waals surface area contributed by atoms with E-state index in [0.29, 0.717) is 19.1 Å². The van der Waals surface area contributed by atoms with Crippen molar-refractivity contribution >= 4 is 17.4 Å². The van der Waals surface area contributed by atoms with Crippen molar-refractivity contribution < 1.29 is 9.47 Å². The second-order valence-corrected chi connectivity index (χ2v) is 7.60. The van der Waals surface area contributed by atoms with E-state index in [2.05, 4.69) is 20.8 Å². The molecule has 138 valence electrons. The Labute approximate surface area is 158 Å². The van der Waals surface area contributed by atoms with Gasteiger partial charge in [0.1, 0.15) is 17.4 Å². The first-order valence-electron chi connectivity index (χ1n) is 8.80. The van der Waals surface area contributed by atoms with Crippen molar-refractivity contribution in [2.75, 3.05) is 26.1 Å². The first-order valence-corrected chi connectivity index (χ1v) is 9.78. The van der Waals surface area contributed by atoms with E-state index in [0.717, 1.165) is 39.1 Å². The highest BCUT2D eigenvalue weighted by atomic mass is 32.2. The van der Waals surface area contributed by atoms with Crippen LogP contribution in [0.2, 0.25) is 0 Å². The van der Waals surface area contributed by atoms with Crippen LogP contribution in [0.1, 0.15) is 19.5 Å². The van der Waals surface area contributed by atoms with Crippen LogP contribution in [0.5, 0.6) is 5.75 Å². The maximum absolute atomic E-state index is 5.72. The van der Waals surface area contributed by atoms with Crippen molar-refractivity contribution in [1.29, 1.82) is 0 Å². The van der Waals surface area contributed by atoms with Gasteiger partial charge in [-0.25, -0.2) is 9.50 Å². The summed E-state index contributed by atoms with van der Waals surface area (Å²) in [6, 6.07) is 12.1. The highest BCUT2D eigenvalue weighted by Gasteiger charge is 2.13. The molecule has 0 aliphatic heterocycles. The molecule has 5 nitrogen and oxygen atoms in total. The van der Waals surface area contributed by atoms with Crippen LogP contribution < -0.4 is 4.74 Å². The van der Waals surface area contributed by atoms with Gasteiger partial charge < -0.3 is 9.47 Å². The van der Waals surface area contributed by atoms with E-state index in [4.69, 9.17) is 19.6 Å². The van der Waals surface area contributed by atoms with Crippen molar-refractivity contribution in [2.24, 2.45) is 5.92 Å². The Balaban J connectivity index is 1.88. The van der Waals surface area contributed by atoms with Crippen LogP contribution in [0.3, 0.4) is 0 Å². The third-order valence-electron chi connectivity index (χ3n) is 3.91. The second-order valence-electron chi connectivity index (χ2n) is 6.56. The minimum absolute atomic E-state index is 0.530. The van der Waals surface area contributed by atoms with Gasteiger partial charge in [-0.05, 0) is 37.1 Å². The van der Waals surface area contributed by atoms with E-state index < -0.39 is 0 Å². The molecule has 2 heterocycles. The Morgan fingerprint density at radius 3 is 2.77 bits per heavy atom. The molecule has 0 saturated heterocycles. The summed E-state index contributed by atoms with van der Waals surface area (Å²) in [4.78, 5) is 4.77. The zero-order valence-corrected chi connectivity index (χ0v) is 16.5. The average molecular weight is 372 g/mol. The lowest BCUT2D eigenvalue weighted by Gasteiger charge is -2.07. The summed E-state index contributed by atoms with van der Waals surface area (Å²) in [5.41, 5.74) is 3.85. The Morgan fingerprint density at radius 2 is 2.00 bits per heavy atom. The predicted molar refractivity (Wildman–Crippen MR) is 106 cm³/mol. The lowest BCUT2D eigenvalue weighted by atomic mass is 10.1. The fourth-order valence-electron chi connectivity index (χ4n) is 2.61. The van der Waals surface area contributed by atoms with Crippen molar-refractivity contribution in [3.8, 4) is 17.0 Å². The Morgan fingerprint density at radius 1 is 1.15 bits per heavy atom. The summed E-state index contributed by atoms with van der Waals surface area (Å²) in [5.74, 6) is 2.51. The number of aromatic nitrogens is 3. The Bertz CT molecular complexity index is 877. The SMILES string of the molecule is COCCOc1cccc(-c2nc3ccc(SCC(C)C)nn3c2C)c1. The van der Waals surface area contributed by atoms with Gasteiger partial charge in [0.15, 0.2) is 5.65 Å². The molecule has 3 rings (SSSR count). The number of fused-ring (bicyclic) bond motifs is 1. The first kappa shape index (κ1) is 18.7. The van der Waals surface area contributed by atoms with E-state index in [1.165, 1.54) is 0 Å². The van der Waals surface area contributed by atoms with E-state index in [-0.39, 0.29) is 0 Å². The lowest BCUT2D eigenvalue weighted by Crippen LogP contribution is -2.04. The van der Waals surface area contributed by atoms with Gasteiger partial charge >= 0.3 is 0 Å². The molecule has 0 saturated carbocycles. The summed E-state index contributed by atoms with van der Waals surface area (Å²) in [5, 5.41) is 5.77. The van der Waals surface area contributed by atoms with Crippen molar-refractivity contribution in [1.82, 2.24) is 14.6 Å². The fraction of sp³-hybridized carbons (Fsp3) is 0.400. The number of hydrogen-bond donors (Lipinski definition) is 0.